The van der Waals surface area contributed by atoms with Crippen LogP contribution < -0.4 is 5.32 Å². The summed E-state index contributed by atoms with van der Waals surface area (Å²) in [4.78, 5) is 0. The third kappa shape index (κ3) is 5.44. The maximum Gasteiger partial charge on any atom is 0.214 e. The zero-order valence-corrected chi connectivity index (χ0v) is 17.0. The van der Waals surface area contributed by atoms with E-state index < -0.39 is 0 Å². The number of furan rings is 1. The van der Waals surface area contributed by atoms with Gasteiger partial charge in [-0.05, 0) is 59.0 Å². The summed E-state index contributed by atoms with van der Waals surface area (Å²) >= 11 is 1.59. The summed E-state index contributed by atoms with van der Waals surface area (Å²) in [5.74, 6) is 2.12. The lowest BCUT2D eigenvalue weighted by Crippen LogP contribution is -2.16. The van der Waals surface area contributed by atoms with E-state index in [1.165, 1.54) is 12.1 Å². The SMILES string of the molecule is Cl.Fc1ccc(-c2ccc(CNCCSc3nnnn3-c3ccccc3)o2)cc1. The highest BCUT2D eigenvalue weighted by Crippen LogP contribution is 2.22. The van der Waals surface area contributed by atoms with Crippen molar-refractivity contribution < 1.29 is 8.81 Å². The smallest absolute Gasteiger partial charge is 0.214 e. The van der Waals surface area contributed by atoms with Crippen molar-refractivity contribution in [2.45, 2.75) is 11.7 Å². The summed E-state index contributed by atoms with van der Waals surface area (Å²) in [7, 11) is 0. The van der Waals surface area contributed by atoms with Gasteiger partial charge in [0, 0.05) is 17.9 Å². The largest absolute Gasteiger partial charge is 0.460 e. The van der Waals surface area contributed by atoms with Crippen LogP contribution in [-0.2, 0) is 6.54 Å². The molecule has 6 nitrogen and oxygen atoms in total. The Bertz CT molecular complexity index is 1020. The van der Waals surface area contributed by atoms with E-state index >= 15 is 0 Å². The second kappa shape index (κ2) is 10.2. The van der Waals surface area contributed by atoms with Crippen LogP contribution in [0.1, 0.15) is 5.76 Å². The highest BCUT2D eigenvalue weighted by atomic mass is 35.5. The number of tetrazole rings is 1. The molecule has 0 saturated carbocycles. The standard InChI is InChI=1S/C20H18FN5OS.ClH/c21-16-8-6-15(7-9-16)19-11-10-18(27-19)14-22-12-13-28-20-23-24-25-26(20)17-4-2-1-3-5-17;/h1-11,22H,12-14H2;1H. The molecule has 0 aliphatic carbocycles. The zero-order chi connectivity index (χ0) is 19.2. The van der Waals surface area contributed by atoms with Gasteiger partial charge in [0.2, 0.25) is 5.16 Å². The number of rotatable bonds is 8. The van der Waals surface area contributed by atoms with E-state index in [9.17, 15) is 4.39 Å². The van der Waals surface area contributed by atoms with Crippen LogP contribution in [-0.4, -0.2) is 32.5 Å². The van der Waals surface area contributed by atoms with Crippen LogP contribution in [0.3, 0.4) is 0 Å². The van der Waals surface area contributed by atoms with Crippen molar-refractivity contribution in [1.29, 1.82) is 0 Å². The molecule has 1 N–H and O–H groups in total. The second-order valence-corrected chi connectivity index (χ2v) is 7.07. The normalized spacial score (nSPS) is 10.7. The molecule has 0 amide bonds. The Morgan fingerprint density at radius 1 is 1.00 bits per heavy atom. The monoisotopic (exact) mass is 431 g/mol. The lowest BCUT2D eigenvalue weighted by atomic mass is 10.2. The van der Waals surface area contributed by atoms with E-state index in [-0.39, 0.29) is 18.2 Å². The molecule has 0 atom stereocenters. The first-order chi connectivity index (χ1) is 13.8. The Morgan fingerprint density at radius 2 is 1.79 bits per heavy atom. The summed E-state index contributed by atoms with van der Waals surface area (Å²) in [5, 5.41) is 16.0. The molecule has 0 saturated heterocycles. The third-order valence-corrected chi connectivity index (χ3v) is 4.96. The number of aromatic nitrogens is 4. The Hall–Kier alpha value is -2.68. The number of halogens is 2. The molecule has 4 aromatic rings. The van der Waals surface area contributed by atoms with Gasteiger partial charge in [0.15, 0.2) is 0 Å². The topological polar surface area (TPSA) is 68.8 Å². The van der Waals surface area contributed by atoms with Gasteiger partial charge < -0.3 is 9.73 Å². The molecule has 0 bridgehead atoms. The molecule has 150 valence electrons. The lowest BCUT2D eigenvalue weighted by molar-refractivity contribution is 0.499. The van der Waals surface area contributed by atoms with Gasteiger partial charge in [0.1, 0.15) is 17.3 Å². The molecule has 0 radical (unpaired) electrons. The minimum absolute atomic E-state index is 0. The maximum atomic E-state index is 13.0. The van der Waals surface area contributed by atoms with Crippen molar-refractivity contribution in [3.8, 4) is 17.0 Å². The fourth-order valence-electron chi connectivity index (χ4n) is 2.67. The molecular formula is C20H19ClFN5OS. The number of nitrogens with one attached hydrogen (secondary N) is 1. The molecule has 4 rings (SSSR count). The van der Waals surface area contributed by atoms with Crippen molar-refractivity contribution in [1.82, 2.24) is 25.5 Å². The maximum absolute atomic E-state index is 13.0. The van der Waals surface area contributed by atoms with E-state index in [1.807, 2.05) is 42.5 Å². The first-order valence-electron chi connectivity index (χ1n) is 8.81. The van der Waals surface area contributed by atoms with Crippen molar-refractivity contribution >= 4 is 24.2 Å². The van der Waals surface area contributed by atoms with Gasteiger partial charge in [0.05, 0.1) is 12.2 Å². The van der Waals surface area contributed by atoms with Crippen LogP contribution >= 0.6 is 24.2 Å². The predicted octanol–water partition coefficient (Wildman–Crippen LogP) is 4.37. The van der Waals surface area contributed by atoms with Crippen molar-refractivity contribution in [2.24, 2.45) is 0 Å². The first kappa shape index (κ1) is 21.0. The molecule has 0 unspecified atom stereocenters. The number of hydrogen-bond donors (Lipinski definition) is 1. The Kier molecular flexibility index (Phi) is 7.40. The van der Waals surface area contributed by atoms with Crippen molar-refractivity contribution in [3.05, 3.63) is 78.3 Å². The van der Waals surface area contributed by atoms with Crippen LogP contribution in [0.4, 0.5) is 4.39 Å². The van der Waals surface area contributed by atoms with Crippen LogP contribution in [0.2, 0.25) is 0 Å². The predicted molar refractivity (Wildman–Crippen MR) is 113 cm³/mol. The molecule has 29 heavy (non-hydrogen) atoms. The fraction of sp³-hybridized carbons (Fsp3) is 0.150. The van der Waals surface area contributed by atoms with Crippen LogP contribution in [0.5, 0.6) is 0 Å². The minimum atomic E-state index is -0.256. The molecule has 0 aliphatic rings. The van der Waals surface area contributed by atoms with E-state index in [0.29, 0.717) is 6.54 Å². The van der Waals surface area contributed by atoms with Crippen molar-refractivity contribution in [3.63, 3.8) is 0 Å². The highest BCUT2D eigenvalue weighted by molar-refractivity contribution is 7.99. The number of nitrogens with zero attached hydrogens (tertiary/aromatic N) is 4. The van der Waals surface area contributed by atoms with E-state index in [1.54, 1.807) is 28.6 Å². The van der Waals surface area contributed by atoms with Crippen LogP contribution in [0, 0.1) is 5.82 Å². The molecule has 2 aromatic carbocycles. The molecule has 0 fully saturated rings. The van der Waals surface area contributed by atoms with Crippen molar-refractivity contribution in [2.75, 3.05) is 12.3 Å². The average Bonchev–Trinajstić information content (AvgIpc) is 3.39. The summed E-state index contributed by atoms with van der Waals surface area (Å²) in [6.45, 7) is 1.39. The molecule has 2 heterocycles. The number of benzene rings is 2. The summed E-state index contributed by atoms with van der Waals surface area (Å²) in [5.41, 5.74) is 1.79. The Morgan fingerprint density at radius 3 is 2.59 bits per heavy atom. The lowest BCUT2D eigenvalue weighted by Gasteiger charge is -2.04. The minimum Gasteiger partial charge on any atom is -0.460 e. The van der Waals surface area contributed by atoms with Gasteiger partial charge in [-0.1, -0.05) is 30.0 Å². The quantitative estimate of drug-likeness (QED) is 0.330. The van der Waals surface area contributed by atoms with E-state index in [4.69, 9.17) is 4.42 Å². The Labute approximate surface area is 177 Å². The molecular weight excluding hydrogens is 413 g/mol. The Balaban J connectivity index is 0.00000240. The fourth-order valence-corrected chi connectivity index (χ4v) is 3.46. The molecule has 0 aliphatic heterocycles. The number of para-hydroxylation sites is 1. The zero-order valence-electron chi connectivity index (χ0n) is 15.4. The van der Waals surface area contributed by atoms with E-state index in [0.717, 1.165) is 40.2 Å². The van der Waals surface area contributed by atoms with Gasteiger partial charge in [-0.2, -0.15) is 4.68 Å². The average molecular weight is 432 g/mol. The van der Waals surface area contributed by atoms with Gasteiger partial charge in [-0.3, -0.25) is 0 Å². The third-order valence-electron chi connectivity index (χ3n) is 4.04. The summed E-state index contributed by atoms with van der Waals surface area (Å²) in [6, 6.07) is 19.9. The highest BCUT2D eigenvalue weighted by Gasteiger charge is 2.08. The van der Waals surface area contributed by atoms with E-state index in [2.05, 4.69) is 20.8 Å². The van der Waals surface area contributed by atoms with Gasteiger partial charge in [-0.15, -0.1) is 17.5 Å². The van der Waals surface area contributed by atoms with Gasteiger partial charge in [0.25, 0.3) is 0 Å². The molecule has 9 heteroatoms. The first-order valence-corrected chi connectivity index (χ1v) is 9.80. The number of thioether (sulfide) groups is 1. The molecule has 2 aromatic heterocycles. The number of hydrogen-bond acceptors (Lipinski definition) is 6. The van der Waals surface area contributed by atoms with Gasteiger partial charge in [-0.25, -0.2) is 4.39 Å². The summed E-state index contributed by atoms with van der Waals surface area (Å²) < 4.78 is 20.6. The molecule has 0 spiro atoms. The second-order valence-electron chi connectivity index (χ2n) is 6.01. The van der Waals surface area contributed by atoms with Gasteiger partial charge >= 0.3 is 0 Å². The van der Waals surface area contributed by atoms with Crippen LogP contribution in [0.25, 0.3) is 17.0 Å². The summed E-state index contributed by atoms with van der Waals surface area (Å²) in [6.07, 6.45) is 0. The van der Waals surface area contributed by atoms with Crippen LogP contribution in [0.15, 0.2) is 76.3 Å².